The fourth-order valence-corrected chi connectivity index (χ4v) is 1.44. The van der Waals surface area contributed by atoms with Gasteiger partial charge in [0.2, 0.25) is 5.43 Å². The molecule has 0 heterocycles. The van der Waals surface area contributed by atoms with Crippen molar-refractivity contribution in [3.8, 4) is 11.5 Å². The fourth-order valence-electron chi connectivity index (χ4n) is 1.44. The van der Waals surface area contributed by atoms with Crippen LogP contribution in [0.25, 0.3) is 0 Å². The molecule has 0 N–H and O–H groups in total. The lowest BCUT2D eigenvalue weighted by Gasteiger charge is -2.18. The van der Waals surface area contributed by atoms with Gasteiger partial charge in [0.15, 0.2) is 5.75 Å². The third-order valence-electron chi connectivity index (χ3n) is 2.45. The summed E-state index contributed by atoms with van der Waals surface area (Å²) in [5.41, 5.74) is -1.07. The molecule has 5 nitrogen and oxygen atoms in total. The van der Waals surface area contributed by atoms with Gasteiger partial charge in [-0.1, -0.05) is 0 Å². The van der Waals surface area contributed by atoms with E-state index in [1.165, 1.54) is 12.1 Å². The maximum absolute atomic E-state index is 11.8. The smallest absolute Gasteiger partial charge is 0.490 e. The zero-order valence-electron chi connectivity index (χ0n) is 11.8. The monoisotopic (exact) mass is 278 g/mol. The van der Waals surface area contributed by atoms with Gasteiger partial charge in [-0.25, -0.2) is 4.79 Å². The molecule has 0 bridgehead atoms. The van der Waals surface area contributed by atoms with Crippen LogP contribution in [0.1, 0.15) is 33.6 Å². The molecule has 0 unspecified atom stereocenters. The number of carbonyl (C=O) groups is 1. The normalized spacial score (nSPS) is 14.6. The van der Waals surface area contributed by atoms with Crippen molar-refractivity contribution < 1.29 is 19.0 Å². The largest absolute Gasteiger partial charge is 0.514 e. The van der Waals surface area contributed by atoms with E-state index >= 15 is 0 Å². The number of hydrogen-bond donors (Lipinski definition) is 0. The third-order valence-corrected chi connectivity index (χ3v) is 2.45. The number of rotatable bonds is 3. The minimum Gasteiger partial charge on any atom is -0.490 e. The van der Waals surface area contributed by atoms with E-state index in [-0.39, 0.29) is 11.9 Å². The molecule has 1 fully saturated rings. The van der Waals surface area contributed by atoms with Gasteiger partial charge in [0.25, 0.3) is 0 Å². The van der Waals surface area contributed by atoms with Crippen LogP contribution in [0.4, 0.5) is 4.79 Å². The third kappa shape index (κ3) is 4.57. The highest BCUT2D eigenvalue weighted by Crippen LogP contribution is 2.26. The minimum atomic E-state index is -0.898. The minimum absolute atomic E-state index is 0.0788. The summed E-state index contributed by atoms with van der Waals surface area (Å²) in [7, 11) is 0. The summed E-state index contributed by atoms with van der Waals surface area (Å²) in [6.45, 7) is 5.16. The van der Waals surface area contributed by atoms with Crippen molar-refractivity contribution in [2.45, 2.75) is 45.3 Å². The first-order valence-electron chi connectivity index (χ1n) is 6.55. The summed E-state index contributed by atoms with van der Waals surface area (Å²) in [5, 5.41) is 0. The summed E-state index contributed by atoms with van der Waals surface area (Å²) in [6, 6.07) is 5.92. The first-order chi connectivity index (χ1) is 9.33. The molecule has 0 aromatic heterocycles. The second-order valence-corrected chi connectivity index (χ2v) is 5.68. The zero-order chi connectivity index (χ0) is 14.8. The Hall–Kier alpha value is -2.04. The van der Waals surface area contributed by atoms with Crippen LogP contribution in [0.3, 0.4) is 0 Å². The Labute approximate surface area is 117 Å². The first-order valence-corrected chi connectivity index (χ1v) is 6.55. The van der Waals surface area contributed by atoms with Crippen LogP contribution in [-0.2, 0) is 4.74 Å². The molecular formula is C15H18O5. The van der Waals surface area contributed by atoms with Gasteiger partial charge in [-0.15, -0.1) is 0 Å². The Bertz CT molecular complexity index is 555. The molecule has 0 saturated heterocycles. The van der Waals surface area contributed by atoms with Gasteiger partial charge < -0.3 is 14.2 Å². The Morgan fingerprint density at radius 1 is 1.15 bits per heavy atom. The Balaban J connectivity index is 2.09. The van der Waals surface area contributed by atoms with Gasteiger partial charge in [-0.05, 0) is 57.9 Å². The summed E-state index contributed by atoms with van der Waals surface area (Å²) in [4.78, 5) is 23.3. The van der Waals surface area contributed by atoms with Gasteiger partial charge in [0, 0.05) is 0 Å². The molecular weight excluding hydrogens is 260 g/mol. The highest BCUT2D eigenvalue weighted by atomic mass is 16.7. The topological polar surface area (TPSA) is 61.8 Å². The highest BCUT2D eigenvalue weighted by molar-refractivity contribution is 5.64. The van der Waals surface area contributed by atoms with Crippen LogP contribution in [0.2, 0.25) is 0 Å². The predicted molar refractivity (Wildman–Crippen MR) is 73.2 cm³/mol. The van der Waals surface area contributed by atoms with Crippen molar-refractivity contribution in [2.75, 3.05) is 0 Å². The number of ether oxygens (including phenoxy) is 3. The molecule has 1 aromatic rings. The lowest BCUT2D eigenvalue weighted by Crippen LogP contribution is -2.26. The van der Waals surface area contributed by atoms with E-state index < -0.39 is 17.2 Å². The van der Waals surface area contributed by atoms with Gasteiger partial charge in [0.1, 0.15) is 11.4 Å². The molecule has 5 heteroatoms. The van der Waals surface area contributed by atoms with Crippen LogP contribution >= 0.6 is 0 Å². The molecule has 0 spiro atoms. The van der Waals surface area contributed by atoms with Crippen LogP contribution in [-0.4, -0.2) is 17.9 Å². The molecule has 0 aliphatic heterocycles. The quantitative estimate of drug-likeness (QED) is 0.795. The van der Waals surface area contributed by atoms with E-state index in [9.17, 15) is 9.59 Å². The van der Waals surface area contributed by atoms with Gasteiger partial charge in [-0.2, -0.15) is 0 Å². The molecule has 0 atom stereocenters. The average molecular weight is 278 g/mol. The Kier molecular flexibility index (Phi) is 3.97. The number of carbonyl (C=O) groups excluding carboxylic acids is 1. The summed E-state index contributed by atoms with van der Waals surface area (Å²) < 4.78 is 15.5. The second kappa shape index (κ2) is 5.53. The number of hydrogen-bond acceptors (Lipinski definition) is 5. The maximum atomic E-state index is 11.8. The highest BCUT2D eigenvalue weighted by Gasteiger charge is 2.23. The van der Waals surface area contributed by atoms with Crippen molar-refractivity contribution in [1.29, 1.82) is 0 Å². The summed E-state index contributed by atoms with van der Waals surface area (Å²) in [6.07, 6.45) is 1.40. The van der Waals surface area contributed by atoms with E-state index in [4.69, 9.17) is 14.2 Å². The van der Waals surface area contributed by atoms with E-state index in [0.717, 1.165) is 12.8 Å². The molecule has 1 aliphatic carbocycles. The molecule has 0 amide bonds. The fraction of sp³-hybridized carbons (Fsp3) is 0.467. The standard InChI is InChI=1S/C15H18O5/c1-15(2,3)20-14(17)19-13-9-7-11(6-8-12(13)16)18-10-4-5-10/h6-10H,4-5H2,1-3H3. The second-order valence-electron chi connectivity index (χ2n) is 5.68. The van der Waals surface area contributed by atoms with Gasteiger partial charge in [-0.3, -0.25) is 4.79 Å². The van der Waals surface area contributed by atoms with E-state index in [1.807, 2.05) is 0 Å². The SMILES string of the molecule is CC(C)(C)OC(=O)Oc1ccc(OC2CC2)ccc1=O. The Morgan fingerprint density at radius 2 is 1.80 bits per heavy atom. The molecule has 1 saturated carbocycles. The van der Waals surface area contributed by atoms with E-state index in [1.54, 1.807) is 32.9 Å². The van der Waals surface area contributed by atoms with Gasteiger partial charge in [0.05, 0.1) is 6.10 Å². The van der Waals surface area contributed by atoms with Crippen molar-refractivity contribution in [2.24, 2.45) is 0 Å². The first kappa shape index (κ1) is 14.4. The summed E-state index contributed by atoms with van der Waals surface area (Å²) >= 11 is 0. The van der Waals surface area contributed by atoms with Crippen molar-refractivity contribution in [3.63, 3.8) is 0 Å². The average Bonchev–Trinajstić information content (AvgIpc) is 3.11. The van der Waals surface area contributed by atoms with Crippen LogP contribution in [0, 0.1) is 0 Å². The van der Waals surface area contributed by atoms with Crippen molar-refractivity contribution in [3.05, 3.63) is 34.5 Å². The molecule has 20 heavy (non-hydrogen) atoms. The lowest BCUT2D eigenvalue weighted by atomic mass is 10.2. The lowest BCUT2D eigenvalue weighted by molar-refractivity contribution is 0.0204. The summed E-state index contributed by atoms with van der Waals surface area (Å²) in [5.74, 6) is 0.508. The predicted octanol–water partition coefficient (Wildman–Crippen LogP) is 2.90. The van der Waals surface area contributed by atoms with E-state index in [2.05, 4.69) is 0 Å². The maximum Gasteiger partial charge on any atom is 0.514 e. The van der Waals surface area contributed by atoms with E-state index in [0.29, 0.717) is 5.75 Å². The molecule has 108 valence electrons. The van der Waals surface area contributed by atoms with Gasteiger partial charge >= 0.3 is 6.16 Å². The van der Waals surface area contributed by atoms with Crippen LogP contribution in [0.5, 0.6) is 11.5 Å². The van der Waals surface area contributed by atoms with Crippen molar-refractivity contribution >= 4 is 6.16 Å². The zero-order valence-corrected chi connectivity index (χ0v) is 11.8. The molecule has 2 rings (SSSR count). The molecule has 1 aliphatic rings. The Morgan fingerprint density at radius 3 is 2.40 bits per heavy atom. The van der Waals surface area contributed by atoms with Crippen LogP contribution in [0.15, 0.2) is 29.1 Å². The van der Waals surface area contributed by atoms with Crippen LogP contribution < -0.4 is 14.9 Å². The molecule has 0 radical (unpaired) electrons. The van der Waals surface area contributed by atoms with Crippen molar-refractivity contribution in [1.82, 2.24) is 0 Å². The molecule has 1 aromatic carbocycles.